The molecule has 3 aromatic carbocycles. The number of carbonyl (C=O) groups is 2. The van der Waals surface area contributed by atoms with Gasteiger partial charge in [-0.1, -0.05) is 23.8 Å². The molecule has 0 saturated carbocycles. The molecule has 0 spiro atoms. The summed E-state index contributed by atoms with van der Waals surface area (Å²) in [5.41, 5.74) is 9.01. The molecule has 0 aliphatic carbocycles. The topological polar surface area (TPSA) is 80.6 Å². The van der Waals surface area contributed by atoms with Gasteiger partial charge in [-0.25, -0.2) is 0 Å². The second-order valence-corrected chi connectivity index (χ2v) is 9.00. The molecule has 4 rings (SSSR count). The molecule has 0 fully saturated rings. The number of furan rings is 1. The van der Waals surface area contributed by atoms with Crippen LogP contribution in [0.4, 0.5) is 11.4 Å². The van der Waals surface area contributed by atoms with Crippen molar-refractivity contribution in [2.75, 3.05) is 17.7 Å². The molecule has 6 heteroatoms. The Kier molecular flexibility index (Phi) is 6.97. The van der Waals surface area contributed by atoms with Crippen LogP contribution in [0.25, 0.3) is 27.7 Å². The summed E-state index contributed by atoms with van der Waals surface area (Å²) in [6.45, 7) is 9.47. The third-order valence-corrected chi connectivity index (χ3v) is 6.17. The van der Waals surface area contributed by atoms with Crippen molar-refractivity contribution in [2.24, 2.45) is 0 Å². The first-order valence-corrected chi connectivity index (χ1v) is 11.7. The number of carbonyl (C=O) groups excluding carboxylic acids is 2. The first-order valence-electron chi connectivity index (χ1n) is 11.7. The van der Waals surface area contributed by atoms with Gasteiger partial charge in [-0.3, -0.25) is 9.59 Å². The van der Waals surface area contributed by atoms with Gasteiger partial charge in [-0.05, 0) is 74.7 Å². The molecule has 2 N–H and O–H groups in total. The molecule has 4 aromatic rings. The zero-order valence-electron chi connectivity index (χ0n) is 21.4. The van der Waals surface area contributed by atoms with Gasteiger partial charge in [0.1, 0.15) is 11.3 Å². The van der Waals surface area contributed by atoms with Gasteiger partial charge >= 0.3 is 0 Å². The highest BCUT2D eigenvalue weighted by Crippen LogP contribution is 2.41. The summed E-state index contributed by atoms with van der Waals surface area (Å²) in [4.78, 5) is 24.0. The summed E-state index contributed by atoms with van der Waals surface area (Å²) in [5, 5.41) is 6.55. The number of rotatable bonds is 6. The van der Waals surface area contributed by atoms with E-state index in [4.69, 9.17) is 9.15 Å². The summed E-state index contributed by atoms with van der Waals surface area (Å²) in [7, 11) is 1.62. The normalized spacial score (nSPS) is 11.4. The van der Waals surface area contributed by atoms with Gasteiger partial charge in [0.2, 0.25) is 11.8 Å². The largest absolute Gasteiger partial charge is 0.496 e. The minimum atomic E-state index is -0.263. The van der Waals surface area contributed by atoms with Gasteiger partial charge in [0.25, 0.3) is 0 Å². The van der Waals surface area contributed by atoms with Crippen molar-refractivity contribution >= 4 is 39.7 Å². The highest BCUT2D eigenvalue weighted by Gasteiger charge is 2.19. The number of hydrogen-bond donors (Lipinski definition) is 2. The number of ether oxygens (including phenoxy) is 1. The molecule has 6 nitrogen and oxygen atoms in total. The van der Waals surface area contributed by atoms with Crippen LogP contribution < -0.4 is 15.4 Å². The first-order chi connectivity index (χ1) is 17.2. The Morgan fingerprint density at radius 2 is 1.56 bits per heavy atom. The molecule has 36 heavy (non-hydrogen) atoms. The first kappa shape index (κ1) is 24.8. The summed E-state index contributed by atoms with van der Waals surface area (Å²) in [6.07, 6.45) is 3.34. The van der Waals surface area contributed by atoms with Gasteiger partial charge in [-0.15, -0.1) is 0 Å². The van der Waals surface area contributed by atoms with E-state index in [-0.39, 0.29) is 11.8 Å². The van der Waals surface area contributed by atoms with E-state index in [2.05, 4.69) is 42.7 Å². The molecule has 0 aliphatic heterocycles. The minimum Gasteiger partial charge on any atom is -0.496 e. The molecular formula is C30H30N2O4. The summed E-state index contributed by atoms with van der Waals surface area (Å²) in [5.74, 6) is 0.261. The second kappa shape index (κ2) is 10.1. The van der Waals surface area contributed by atoms with Crippen molar-refractivity contribution in [1.82, 2.24) is 0 Å². The van der Waals surface area contributed by atoms with Crippen LogP contribution in [0.2, 0.25) is 0 Å². The quantitative estimate of drug-likeness (QED) is 0.289. The molecule has 1 heterocycles. The van der Waals surface area contributed by atoms with Crippen molar-refractivity contribution in [3.63, 3.8) is 0 Å². The smallest absolute Gasteiger partial charge is 0.248 e. The number of nitrogens with one attached hydrogen (secondary N) is 2. The monoisotopic (exact) mass is 482 g/mol. The molecule has 0 radical (unpaired) electrons. The van der Waals surface area contributed by atoms with Crippen LogP contribution in [-0.2, 0) is 9.59 Å². The van der Waals surface area contributed by atoms with Crippen molar-refractivity contribution in [3.05, 3.63) is 83.1 Å². The number of fused-ring (bicyclic) bond motifs is 1. The van der Waals surface area contributed by atoms with Crippen LogP contribution in [0.5, 0.6) is 5.75 Å². The number of aryl methyl sites for hydroxylation is 3. The number of hydrogen-bond acceptors (Lipinski definition) is 4. The number of methoxy groups -OCH3 is 1. The zero-order chi connectivity index (χ0) is 26.0. The molecule has 0 saturated heterocycles. The molecule has 0 aliphatic rings. The van der Waals surface area contributed by atoms with Crippen molar-refractivity contribution in [1.29, 1.82) is 0 Å². The molecule has 184 valence electrons. The van der Waals surface area contributed by atoms with E-state index >= 15 is 0 Å². The second-order valence-electron chi connectivity index (χ2n) is 9.00. The van der Waals surface area contributed by atoms with E-state index in [1.807, 2.05) is 19.9 Å². The van der Waals surface area contributed by atoms with E-state index < -0.39 is 0 Å². The SMILES string of the molecule is COc1c(/C(C)=C/C(=O)Nc2ccc(NC(C)=O)cc2)cc2c(-c3ccc(C)cc3C)coc2c1C. The lowest BCUT2D eigenvalue weighted by Gasteiger charge is -2.14. The van der Waals surface area contributed by atoms with Crippen molar-refractivity contribution < 1.29 is 18.7 Å². The predicted molar refractivity (Wildman–Crippen MR) is 145 cm³/mol. The van der Waals surface area contributed by atoms with Crippen LogP contribution in [0.1, 0.15) is 36.1 Å². The number of amides is 2. The summed E-state index contributed by atoms with van der Waals surface area (Å²) in [6, 6.07) is 15.3. The maximum Gasteiger partial charge on any atom is 0.248 e. The predicted octanol–water partition coefficient (Wildman–Crippen LogP) is 7.03. The highest BCUT2D eigenvalue weighted by molar-refractivity contribution is 6.06. The Balaban J connectivity index is 1.69. The molecule has 0 unspecified atom stereocenters. The summed E-state index contributed by atoms with van der Waals surface area (Å²) >= 11 is 0. The Morgan fingerprint density at radius 1 is 0.889 bits per heavy atom. The molecule has 1 aromatic heterocycles. The Labute approximate surface area is 211 Å². The van der Waals surface area contributed by atoms with Crippen LogP contribution in [0.3, 0.4) is 0 Å². The van der Waals surface area contributed by atoms with Crippen molar-refractivity contribution in [3.8, 4) is 16.9 Å². The third kappa shape index (κ3) is 5.03. The van der Waals surface area contributed by atoms with E-state index in [0.717, 1.165) is 38.8 Å². The lowest BCUT2D eigenvalue weighted by atomic mass is 9.94. The van der Waals surface area contributed by atoms with Crippen LogP contribution >= 0.6 is 0 Å². The third-order valence-electron chi connectivity index (χ3n) is 6.17. The fourth-order valence-corrected chi connectivity index (χ4v) is 4.49. The number of allylic oxidation sites excluding steroid dienone is 1. The van der Waals surface area contributed by atoms with Gasteiger partial charge < -0.3 is 19.8 Å². The van der Waals surface area contributed by atoms with Crippen LogP contribution in [0, 0.1) is 20.8 Å². The minimum absolute atomic E-state index is 0.148. The average Bonchev–Trinajstić information content (AvgIpc) is 3.24. The maximum atomic E-state index is 12.8. The van der Waals surface area contributed by atoms with E-state index in [1.54, 1.807) is 43.7 Å². The Bertz CT molecular complexity index is 1490. The maximum absolute atomic E-state index is 12.8. The van der Waals surface area contributed by atoms with Gasteiger partial charge in [0.05, 0.1) is 13.4 Å². The lowest BCUT2D eigenvalue weighted by molar-refractivity contribution is -0.114. The number of benzene rings is 3. The number of anilines is 2. The molecule has 0 bridgehead atoms. The lowest BCUT2D eigenvalue weighted by Crippen LogP contribution is -2.09. The average molecular weight is 483 g/mol. The van der Waals surface area contributed by atoms with Crippen molar-refractivity contribution in [2.45, 2.75) is 34.6 Å². The standard InChI is InChI=1S/C30H30N2O4/c1-17-7-12-24(18(2)13-17)27-16-36-30-20(4)29(35-6)25(15-26(27)30)19(3)14-28(34)32-23-10-8-22(9-11-23)31-21(5)33/h7-16H,1-6H3,(H,31,33)(H,32,34)/b19-14+. The van der Waals surface area contributed by atoms with Gasteiger partial charge in [0, 0.05) is 46.5 Å². The highest BCUT2D eigenvalue weighted by atomic mass is 16.5. The fraction of sp³-hybridized carbons (Fsp3) is 0.200. The molecule has 0 atom stereocenters. The fourth-order valence-electron chi connectivity index (χ4n) is 4.49. The molecular weight excluding hydrogens is 452 g/mol. The van der Waals surface area contributed by atoms with E-state index in [9.17, 15) is 9.59 Å². The van der Waals surface area contributed by atoms with Gasteiger partial charge in [-0.2, -0.15) is 0 Å². The van der Waals surface area contributed by atoms with Crippen LogP contribution in [0.15, 0.2) is 65.3 Å². The Hall–Kier alpha value is -4.32. The van der Waals surface area contributed by atoms with Gasteiger partial charge in [0.15, 0.2) is 0 Å². The van der Waals surface area contributed by atoms with E-state index in [0.29, 0.717) is 17.1 Å². The molecule has 2 amide bonds. The summed E-state index contributed by atoms with van der Waals surface area (Å²) < 4.78 is 11.7. The van der Waals surface area contributed by atoms with Crippen LogP contribution in [-0.4, -0.2) is 18.9 Å². The Morgan fingerprint density at radius 3 is 2.17 bits per heavy atom. The zero-order valence-corrected chi connectivity index (χ0v) is 21.4. The van der Waals surface area contributed by atoms with E-state index in [1.165, 1.54) is 18.1 Å².